The summed E-state index contributed by atoms with van der Waals surface area (Å²) in [7, 11) is 0. The number of ether oxygens (including phenoxy) is 6. The lowest BCUT2D eigenvalue weighted by atomic mass is 9.30. The molecule has 12 atom stereocenters. The fourth-order valence-corrected chi connectivity index (χ4v) is 12.1. The number of aliphatic hydroxyl groups excluding tert-OH is 1. The number of carboxylic acids is 1. The van der Waals surface area contributed by atoms with E-state index < -0.39 is 118 Å². The Morgan fingerprint density at radius 1 is 0.789 bits per heavy atom. The van der Waals surface area contributed by atoms with Crippen molar-refractivity contribution in [2.45, 2.75) is 107 Å². The largest absolute Gasteiger partial charge is 0.478 e. The molecule has 0 bridgehead atoms. The van der Waals surface area contributed by atoms with Crippen molar-refractivity contribution in [1.29, 1.82) is 0 Å². The number of Topliss-reactive ketones (excluding diaryl/α,β-unsaturated/α-hetero) is 1. The molecule has 4 fully saturated rings. The van der Waals surface area contributed by atoms with E-state index in [4.69, 9.17) is 28.4 Å². The van der Waals surface area contributed by atoms with Crippen LogP contribution in [0.4, 0.5) is 0 Å². The van der Waals surface area contributed by atoms with Gasteiger partial charge in [0.1, 0.15) is 23.4 Å². The van der Waals surface area contributed by atoms with E-state index in [-0.39, 0.29) is 47.5 Å². The molecule has 17 heteroatoms. The molecular formula is C54H53NO16. The lowest BCUT2D eigenvalue weighted by Crippen LogP contribution is -2.90. The molecule has 0 radical (unpaired) electrons. The van der Waals surface area contributed by atoms with Crippen LogP contribution < -0.4 is 5.32 Å². The predicted octanol–water partition coefficient (Wildman–Crippen LogP) is 5.02. The summed E-state index contributed by atoms with van der Waals surface area (Å²) in [6, 6.07) is 29.1. The highest BCUT2D eigenvalue weighted by Crippen LogP contribution is 2.78. The smallest absolute Gasteiger partial charge is 0.338 e. The van der Waals surface area contributed by atoms with Crippen LogP contribution in [-0.2, 0) is 54.2 Å². The molecular weight excluding hydrogens is 919 g/mol. The van der Waals surface area contributed by atoms with Gasteiger partial charge in [-0.2, -0.15) is 0 Å². The maximum atomic E-state index is 15.6. The Balaban J connectivity index is 1.19. The number of aliphatic hydroxyl groups is 2. The molecule has 4 N–H and O–H groups in total. The Bertz CT molecular complexity index is 2840. The van der Waals surface area contributed by atoms with Crippen molar-refractivity contribution in [3.63, 3.8) is 0 Å². The number of fused-ring (bicyclic) bond motifs is 3. The van der Waals surface area contributed by atoms with E-state index in [1.165, 1.54) is 50.2 Å². The summed E-state index contributed by atoms with van der Waals surface area (Å²) in [6.07, 6.45) is -8.64. The zero-order chi connectivity index (χ0) is 50.8. The van der Waals surface area contributed by atoms with E-state index in [1.807, 2.05) is 0 Å². The van der Waals surface area contributed by atoms with Crippen LogP contribution in [0.5, 0.6) is 0 Å². The van der Waals surface area contributed by atoms with Crippen LogP contribution in [0, 0.1) is 16.7 Å². The fourth-order valence-electron chi connectivity index (χ4n) is 12.1. The maximum Gasteiger partial charge on any atom is 0.338 e. The van der Waals surface area contributed by atoms with E-state index >= 15 is 9.59 Å². The van der Waals surface area contributed by atoms with Gasteiger partial charge in [0.2, 0.25) is 0 Å². The number of ketones is 1. The average Bonchev–Trinajstić information content (AvgIpc) is 3.35. The quantitative estimate of drug-likeness (QED) is 0.0736. The van der Waals surface area contributed by atoms with Crippen molar-refractivity contribution in [2.75, 3.05) is 6.61 Å². The number of carbonyl (C=O) groups is 7. The van der Waals surface area contributed by atoms with E-state index in [0.29, 0.717) is 11.1 Å². The van der Waals surface area contributed by atoms with Crippen LogP contribution >= 0.6 is 0 Å². The molecule has 1 aliphatic heterocycles. The third kappa shape index (κ3) is 7.55. The highest BCUT2D eigenvalue weighted by Gasteiger charge is 2.90. The second-order valence-corrected chi connectivity index (χ2v) is 19.4. The molecule has 0 aromatic heterocycles. The summed E-state index contributed by atoms with van der Waals surface area (Å²) >= 11 is 0. The first-order valence-corrected chi connectivity index (χ1v) is 23.2. The Kier molecular flexibility index (Phi) is 12.4. The van der Waals surface area contributed by atoms with Gasteiger partial charge in [-0.25, -0.2) is 14.4 Å². The Labute approximate surface area is 408 Å². The summed E-state index contributed by atoms with van der Waals surface area (Å²) in [5.41, 5.74) is -8.50. The summed E-state index contributed by atoms with van der Waals surface area (Å²) in [5.74, 6) is -7.80. The number of benzene rings is 4. The van der Waals surface area contributed by atoms with Crippen LogP contribution in [-0.4, -0.2) is 111 Å². The molecule has 9 rings (SSSR count). The molecule has 1 saturated heterocycles. The van der Waals surface area contributed by atoms with Gasteiger partial charge in [0.05, 0.1) is 53.2 Å². The van der Waals surface area contributed by atoms with Crippen molar-refractivity contribution < 1.29 is 77.3 Å². The Morgan fingerprint density at radius 2 is 1.39 bits per heavy atom. The van der Waals surface area contributed by atoms with Gasteiger partial charge < -0.3 is 49.1 Å². The number of esters is 4. The van der Waals surface area contributed by atoms with Crippen LogP contribution in [0.25, 0.3) is 0 Å². The number of hydrogen-bond acceptors (Lipinski definition) is 15. The Morgan fingerprint density at radius 3 is 1.96 bits per heavy atom. The molecule has 4 aliphatic carbocycles. The van der Waals surface area contributed by atoms with Crippen LogP contribution in [0.2, 0.25) is 0 Å². The second kappa shape index (κ2) is 18.0. The minimum absolute atomic E-state index is 0.00883. The first kappa shape index (κ1) is 49.0. The standard InChI is InChI=1S/C54H53NO16/c1-29-39-41(68-30(2)56)44(59)50(4)37(58)25-38-52(28-67-38,70-31(3)57)43(50)45(69-48(63)36-19-13-8-14-20-36)53(65)27-54(29,51(39,53)5)71-49(64)42(66-26-32-21-23-35(24-22-32)47(61)62)40(33-15-9-6-10-16-33)55-46(60)34-17-11-7-12-18-34/h6-24,37-38,40-43,45,58,65H,25-28H2,1-5H3,(H,55,60)(H,61,62)/t37-,38?,40-,41+,42+,43?,45-,50+,51?,52-,53+,54+/m0/s1. The highest BCUT2D eigenvalue weighted by atomic mass is 16.6. The number of hydrogen-bond donors (Lipinski definition) is 4. The lowest BCUT2D eigenvalue weighted by molar-refractivity contribution is -0.376. The SMILES string of the molecule is CC(=O)O[C@H]1C(=O)[C@@]2(C)C([C@H](OC(=O)c3ccccc3)[C@]3(O)C[C@@]4(OC(=O)[C@H](OCc5ccc(C(=O)O)cc5)[C@@H](NC(=O)c5ccccc5)c5ccccc5)C(C)=C1C34C)[C@]1(OC(C)=O)COC1C[C@@H]2O. The van der Waals surface area contributed by atoms with E-state index in [1.54, 1.807) is 85.8 Å². The van der Waals surface area contributed by atoms with E-state index in [0.717, 1.165) is 13.8 Å². The molecule has 4 aromatic rings. The van der Waals surface area contributed by atoms with E-state index in [9.17, 15) is 39.3 Å². The molecule has 1 amide bonds. The zero-order valence-electron chi connectivity index (χ0n) is 39.5. The lowest BCUT2D eigenvalue weighted by Gasteiger charge is -2.78. The van der Waals surface area contributed by atoms with Gasteiger partial charge in [-0.3, -0.25) is 19.2 Å². The topological polar surface area (TPSA) is 248 Å². The molecule has 1 heterocycles. The van der Waals surface area contributed by atoms with Gasteiger partial charge in [-0.05, 0) is 79.4 Å². The number of carboxylic acid groups (broad SMARTS) is 1. The third-order valence-electron chi connectivity index (χ3n) is 15.7. The number of nitrogens with one attached hydrogen (secondary N) is 1. The second-order valence-electron chi connectivity index (χ2n) is 19.4. The number of carbonyl (C=O) groups excluding carboxylic acids is 6. The van der Waals surface area contributed by atoms with Crippen LogP contribution in [0.1, 0.15) is 95.7 Å². The van der Waals surface area contributed by atoms with Gasteiger partial charge in [0.15, 0.2) is 23.6 Å². The molecule has 71 heavy (non-hydrogen) atoms. The number of amides is 1. The molecule has 3 unspecified atom stereocenters. The van der Waals surface area contributed by atoms with Crippen LogP contribution in [0.15, 0.2) is 126 Å². The van der Waals surface area contributed by atoms with Crippen molar-refractivity contribution in [3.05, 3.63) is 154 Å². The van der Waals surface area contributed by atoms with Crippen molar-refractivity contribution >= 4 is 41.5 Å². The molecule has 0 spiro atoms. The van der Waals surface area contributed by atoms with Gasteiger partial charge >= 0.3 is 29.8 Å². The average molecular weight is 972 g/mol. The zero-order valence-corrected chi connectivity index (χ0v) is 39.5. The van der Waals surface area contributed by atoms with Crippen molar-refractivity contribution in [2.24, 2.45) is 16.7 Å². The molecule has 4 aromatic carbocycles. The molecule has 17 nitrogen and oxygen atoms in total. The molecule has 370 valence electrons. The first-order valence-electron chi connectivity index (χ1n) is 23.2. The fraction of sp³-hybridized carbons (Fsp3) is 0.389. The first-order chi connectivity index (χ1) is 33.7. The van der Waals surface area contributed by atoms with Crippen LogP contribution in [0.3, 0.4) is 0 Å². The summed E-state index contributed by atoms with van der Waals surface area (Å²) < 4.78 is 37.5. The summed E-state index contributed by atoms with van der Waals surface area (Å²) in [4.78, 5) is 97.3. The number of rotatable bonds is 14. The minimum atomic E-state index is -2.34. The van der Waals surface area contributed by atoms with Crippen molar-refractivity contribution in [3.8, 4) is 0 Å². The summed E-state index contributed by atoms with van der Waals surface area (Å²) in [6.45, 7) is 6.09. The van der Waals surface area contributed by atoms with Gasteiger partial charge in [-0.15, -0.1) is 0 Å². The maximum absolute atomic E-state index is 15.6. The summed E-state index contributed by atoms with van der Waals surface area (Å²) in [5, 5.41) is 38.4. The Hall–Kier alpha value is -7.05. The highest BCUT2D eigenvalue weighted by molar-refractivity contribution is 5.97. The molecule has 3 saturated carbocycles. The van der Waals surface area contributed by atoms with Crippen molar-refractivity contribution in [1.82, 2.24) is 5.32 Å². The third-order valence-corrected chi connectivity index (χ3v) is 15.7. The normalized spacial score (nSPS) is 31.9. The predicted molar refractivity (Wildman–Crippen MR) is 247 cm³/mol. The van der Waals surface area contributed by atoms with Gasteiger partial charge in [0.25, 0.3) is 5.91 Å². The monoisotopic (exact) mass is 971 g/mol. The van der Waals surface area contributed by atoms with Gasteiger partial charge in [0, 0.05) is 32.3 Å². The van der Waals surface area contributed by atoms with Gasteiger partial charge in [-0.1, -0.05) is 78.9 Å². The van der Waals surface area contributed by atoms with E-state index in [2.05, 4.69) is 5.32 Å². The molecule has 5 aliphatic rings. The minimum Gasteiger partial charge on any atom is -0.478 e. The number of aromatic carboxylic acids is 1.